The number of carbonyl (C=O) groups is 3. The van der Waals surface area contributed by atoms with Crippen LogP contribution in [0.3, 0.4) is 0 Å². The van der Waals surface area contributed by atoms with E-state index in [0.29, 0.717) is 32.4 Å². The Morgan fingerprint density at radius 1 is 1.32 bits per heavy atom. The van der Waals surface area contributed by atoms with Gasteiger partial charge in [0.2, 0.25) is 11.8 Å². The number of fused-ring (bicyclic) bond motifs is 1. The van der Waals surface area contributed by atoms with Gasteiger partial charge >= 0.3 is 5.97 Å². The van der Waals surface area contributed by atoms with Crippen LogP contribution in [-0.2, 0) is 14.4 Å². The molecular weight excluding hydrogens is 248 g/mol. The highest BCUT2D eigenvalue weighted by atomic mass is 16.4. The van der Waals surface area contributed by atoms with Crippen LogP contribution in [0.4, 0.5) is 0 Å². The molecule has 2 aliphatic heterocycles. The Morgan fingerprint density at radius 3 is 2.79 bits per heavy atom. The molecule has 2 rings (SSSR count). The zero-order valence-electron chi connectivity index (χ0n) is 10.9. The average Bonchev–Trinajstić information content (AvgIpc) is 2.76. The van der Waals surface area contributed by atoms with E-state index in [4.69, 9.17) is 5.11 Å². The number of piperidine rings is 1. The van der Waals surface area contributed by atoms with Gasteiger partial charge in [0.25, 0.3) is 0 Å². The number of nitrogens with one attached hydrogen (secondary N) is 1. The van der Waals surface area contributed by atoms with Gasteiger partial charge in [0.15, 0.2) is 0 Å². The molecule has 2 atom stereocenters. The van der Waals surface area contributed by atoms with E-state index in [-0.39, 0.29) is 30.2 Å². The lowest BCUT2D eigenvalue weighted by molar-refractivity contribution is -0.139. The van der Waals surface area contributed by atoms with Crippen molar-refractivity contribution in [2.45, 2.75) is 44.6 Å². The van der Waals surface area contributed by atoms with Crippen molar-refractivity contribution in [1.82, 2.24) is 10.2 Å². The summed E-state index contributed by atoms with van der Waals surface area (Å²) in [5.74, 6) is -0.752. The summed E-state index contributed by atoms with van der Waals surface area (Å²) < 4.78 is 0. The number of aliphatic carboxylic acids is 1. The standard InChI is InChI=1S/C13H20N2O4/c16-11(5-1-2-6-12(17)18)15-7-3-4-9-10(15)8-14-13(9)19/h9-10H,1-8H2,(H,14,19)(H,17,18). The summed E-state index contributed by atoms with van der Waals surface area (Å²) in [7, 11) is 0. The molecule has 0 saturated carbocycles. The van der Waals surface area contributed by atoms with E-state index in [1.165, 1.54) is 0 Å². The second-order valence-electron chi connectivity index (χ2n) is 5.25. The van der Waals surface area contributed by atoms with Gasteiger partial charge in [-0.15, -0.1) is 0 Å². The highest BCUT2D eigenvalue weighted by molar-refractivity contribution is 5.84. The summed E-state index contributed by atoms with van der Waals surface area (Å²) in [5.41, 5.74) is 0. The molecule has 106 valence electrons. The van der Waals surface area contributed by atoms with Crippen LogP contribution in [0.2, 0.25) is 0 Å². The van der Waals surface area contributed by atoms with E-state index >= 15 is 0 Å². The fourth-order valence-electron chi connectivity index (χ4n) is 2.96. The normalized spacial score (nSPS) is 25.9. The Kier molecular flexibility index (Phi) is 4.39. The van der Waals surface area contributed by atoms with Gasteiger partial charge in [0.1, 0.15) is 0 Å². The van der Waals surface area contributed by atoms with Crippen molar-refractivity contribution in [3.8, 4) is 0 Å². The number of carbonyl (C=O) groups excluding carboxylic acids is 2. The fourth-order valence-corrected chi connectivity index (χ4v) is 2.96. The van der Waals surface area contributed by atoms with Crippen LogP contribution < -0.4 is 5.32 Å². The Labute approximate surface area is 112 Å². The van der Waals surface area contributed by atoms with Gasteiger partial charge in [-0.2, -0.15) is 0 Å². The molecule has 0 aliphatic carbocycles. The van der Waals surface area contributed by atoms with Gasteiger partial charge in [-0.1, -0.05) is 0 Å². The Morgan fingerprint density at radius 2 is 2.05 bits per heavy atom. The number of likely N-dealkylation sites (tertiary alicyclic amines) is 1. The summed E-state index contributed by atoms with van der Waals surface area (Å²) in [4.78, 5) is 35.9. The third-order valence-corrected chi connectivity index (χ3v) is 3.95. The van der Waals surface area contributed by atoms with E-state index < -0.39 is 5.97 Å². The number of carboxylic acid groups (broad SMARTS) is 1. The number of rotatable bonds is 5. The smallest absolute Gasteiger partial charge is 0.303 e. The molecule has 2 fully saturated rings. The molecule has 19 heavy (non-hydrogen) atoms. The number of carboxylic acids is 1. The maximum Gasteiger partial charge on any atom is 0.303 e. The van der Waals surface area contributed by atoms with Crippen LogP contribution >= 0.6 is 0 Å². The molecule has 2 aliphatic rings. The minimum Gasteiger partial charge on any atom is -0.481 e. The summed E-state index contributed by atoms with van der Waals surface area (Å²) in [6.45, 7) is 1.28. The molecular formula is C13H20N2O4. The third-order valence-electron chi connectivity index (χ3n) is 3.95. The third kappa shape index (κ3) is 3.24. The van der Waals surface area contributed by atoms with Gasteiger partial charge in [0.05, 0.1) is 12.0 Å². The summed E-state index contributed by atoms with van der Waals surface area (Å²) >= 11 is 0. The monoisotopic (exact) mass is 268 g/mol. The van der Waals surface area contributed by atoms with Crippen molar-refractivity contribution in [3.05, 3.63) is 0 Å². The minimum atomic E-state index is -0.823. The molecule has 0 spiro atoms. The molecule has 2 amide bonds. The lowest BCUT2D eigenvalue weighted by Crippen LogP contribution is -2.48. The zero-order valence-corrected chi connectivity index (χ0v) is 10.9. The van der Waals surface area contributed by atoms with Crippen molar-refractivity contribution < 1.29 is 19.5 Å². The topological polar surface area (TPSA) is 86.7 Å². The first kappa shape index (κ1) is 13.8. The van der Waals surface area contributed by atoms with Crippen LogP contribution in [-0.4, -0.2) is 46.9 Å². The summed E-state index contributed by atoms with van der Waals surface area (Å²) in [6, 6.07) is 0.00761. The summed E-state index contributed by atoms with van der Waals surface area (Å²) in [5, 5.41) is 11.4. The van der Waals surface area contributed by atoms with Gasteiger partial charge in [-0.3, -0.25) is 14.4 Å². The molecule has 2 heterocycles. The molecule has 0 radical (unpaired) electrons. The first-order valence-electron chi connectivity index (χ1n) is 6.88. The largest absolute Gasteiger partial charge is 0.481 e. The quantitative estimate of drug-likeness (QED) is 0.705. The predicted octanol–water partition coefficient (Wildman–Crippen LogP) is 0.368. The first-order valence-corrected chi connectivity index (χ1v) is 6.88. The van der Waals surface area contributed by atoms with Crippen LogP contribution in [0.15, 0.2) is 0 Å². The molecule has 0 aromatic heterocycles. The SMILES string of the molecule is O=C(O)CCCCC(=O)N1CCCC2C(=O)NCC21. The maximum atomic E-state index is 12.1. The van der Waals surface area contributed by atoms with E-state index in [9.17, 15) is 14.4 Å². The molecule has 6 nitrogen and oxygen atoms in total. The number of unbranched alkanes of at least 4 members (excludes halogenated alkanes) is 1. The van der Waals surface area contributed by atoms with Crippen LogP contribution in [0.5, 0.6) is 0 Å². The first-order chi connectivity index (χ1) is 9.09. The average molecular weight is 268 g/mol. The van der Waals surface area contributed by atoms with Crippen molar-refractivity contribution in [1.29, 1.82) is 0 Å². The second-order valence-corrected chi connectivity index (χ2v) is 5.25. The van der Waals surface area contributed by atoms with Crippen LogP contribution in [0.1, 0.15) is 38.5 Å². The number of nitrogens with zero attached hydrogens (tertiary/aromatic N) is 1. The highest BCUT2D eigenvalue weighted by Crippen LogP contribution is 2.28. The van der Waals surface area contributed by atoms with Gasteiger partial charge in [-0.25, -0.2) is 0 Å². The van der Waals surface area contributed by atoms with Crippen molar-refractivity contribution in [2.75, 3.05) is 13.1 Å². The molecule has 0 aromatic rings. The van der Waals surface area contributed by atoms with E-state index in [2.05, 4.69) is 5.32 Å². The van der Waals surface area contributed by atoms with Gasteiger partial charge < -0.3 is 15.3 Å². The lowest BCUT2D eigenvalue weighted by Gasteiger charge is -2.36. The highest BCUT2D eigenvalue weighted by Gasteiger charge is 2.42. The summed E-state index contributed by atoms with van der Waals surface area (Å²) in [6.07, 6.45) is 3.35. The van der Waals surface area contributed by atoms with Gasteiger partial charge in [-0.05, 0) is 25.7 Å². The number of amides is 2. The Balaban J connectivity index is 1.81. The fraction of sp³-hybridized carbons (Fsp3) is 0.769. The Bertz CT molecular complexity index is 383. The van der Waals surface area contributed by atoms with E-state index in [0.717, 1.165) is 12.8 Å². The number of hydrogen-bond donors (Lipinski definition) is 2. The van der Waals surface area contributed by atoms with E-state index in [1.807, 2.05) is 4.90 Å². The molecule has 0 aromatic carbocycles. The predicted molar refractivity (Wildman–Crippen MR) is 67.3 cm³/mol. The zero-order chi connectivity index (χ0) is 13.8. The van der Waals surface area contributed by atoms with E-state index in [1.54, 1.807) is 0 Å². The number of hydrogen-bond acceptors (Lipinski definition) is 3. The maximum absolute atomic E-state index is 12.1. The second kappa shape index (κ2) is 6.04. The van der Waals surface area contributed by atoms with Crippen molar-refractivity contribution in [3.63, 3.8) is 0 Å². The van der Waals surface area contributed by atoms with Crippen LogP contribution in [0, 0.1) is 5.92 Å². The Hall–Kier alpha value is -1.59. The minimum absolute atomic E-state index is 0.00761. The lowest BCUT2D eigenvalue weighted by atomic mass is 9.91. The van der Waals surface area contributed by atoms with Crippen molar-refractivity contribution >= 4 is 17.8 Å². The molecule has 6 heteroatoms. The molecule has 0 bridgehead atoms. The van der Waals surface area contributed by atoms with Crippen molar-refractivity contribution in [2.24, 2.45) is 5.92 Å². The van der Waals surface area contributed by atoms with Crippen LogP contribution in [0.25, 0.3) is 0 Å². The molecule has 2 N–H and O–H groups in total. The van der Waals surface area contributed by atoms with Gasteiger partial charge in [0, 0.05) is 25.9 Å². The molecule has 2 saturated heterocycles. The molecule has 2 unspecified atom stereocenters.